The highest BCUT2D eigenvalue weighted by molar-refractivity contribution is 5.53. The molecule has 1 fully saturated rings. The van der Waals surface area contributed by atoms with Gasteiger partial charge in [0, 0.05) is 0 Å². The lowest BCUT2D eigenvalue weighted by molar-refractivity contribution is 0.137. The average molecular weight is 212 g/mol. The second-order valence-corrected chi connectivity index (χ2v) is 3.46. The molecule has 1 aliphatic carbocycles. The Balaban J connectivity index is 0.000000245. The molecule has 0 radical (unpaired) electrons. The smallest absolute Gasteiger partial charge is 0.450 e. The lowest BCUT2D eigenvalue weighted by atomic mass is 9.80. The summed E-state index contributed by atoms with van der Waals surface area (Å²) in [6, 6.07) is 6.90. The molecule has 0 bridgehead atoms. The first kappa shape index (κ1) is 11.5. The standard InChI is InChI=1S/C10H11F.CH2O3/c11-10-6-4-9(5-7-10)8-2-1-3-8;2-1(3)4/h4-8H,1-3H2;(H2,2,3,4). The summed E-state index contributed by atoms with van der Waals surface area (Å²) >= 11 is 0. The third-order valence-corrected chi connectivity index (χ3v) is 2.45. The Labute approximate surface area is 87.2 Å². The number of rotatable bonds is 1. The summed E-state index contributed by atoms with van der Waals surface area (Å²) in [5, 5.41) is 13.9. The van der Waals surface area contributed by atoms with Crippen LogP contribution in [0.3, 0.4) is 0 Å². The van der Waals surface area contributed by atoms with E-state index in [1.807, 2.05) is 12.1 Å². The van der Waals surface area contributed by atoms with E-state index < -0.39 is 6.16 Å². The molecular formula is C11H13FO3. The molecule has 0 spiro atoms. The molecular weight excluding hydrogens is 199 g/mol. The molecule has 2 rings (SSSR count). The average Bonchev–Trinajstić information content (AvgIpc) is 2.04. The van der Waals surface area contributed by atoms with Gasteiger partial charge < -0.3 is 10.2 Å². The normalized spacial score (nSPS) is 14.7. The lowest BCUT2D eigenvalue weighted by Crippen LogP contribution is -2.08. The third-order valence-electron chi connectivity index (χ3n) is 2.45. The molecule has 0 heterocycles. The fourth-order valence-electron chi connectivity index (χ4n) is 1.48. The summed E-state index contributed by atoms with van der Waals surface area (Å²) in [5.41, 5.74) is 1.30. The van der Waals surface area contributed by atoms with E-state index in [4.69, 9.17) is 15.0 Å². The molecule has 1 aromatic carbocycles. The SMILES string of the molecule is Fc1ccc(C2CCC2)cc1.O=C(O)O. The molecule has 0 aliphatic heterocycles. The van der Waals surface area contributed by atoms with Crippen molar-refractivity contribution in [3.8, 4) is 0 Å². The van der Waals surface area contributed by atoms with Gasteiger partial charge in [0.1, 0.15) is 5.82 Å². The highest BCUT2D eigenvalue weighted by Gasteiger charge is 2.18. The van der Waals surface area contributed by atoms with Gasteiger partial charge in [-0.05, 0) is 36.5 Å². The van der Waals surface area contributed by atoms with E-state index in [0.717, 1.165) is 5.92 Å². The predicted molar refractivity (Wildman–Crippen MR) is 53.6 cm³/mol. The van der Waals surface area contributed by atoms with Gasteiger partial charge in [0.05, 0.1) is 0 Å². The molecule has 0 atom stereocenters. The van der Waals surface area contributed by atoms with Crippen molar-refractivity contribution < 1.29 is 19.4 Å². The van der Waals surface area contributed by atoms with Gasteiger partial charge in [0.2, 0.25) is 0 Å². The number of carbonyl (C=O) groups is 1. The third kappa shape index (κ3) is 3.97. The van der Waals surface area contributed by atoms with Gasteiger partial charge in [-0.15, -0.1) is 0 Å². The van der Waals surface area contributed by atoms with Gasteiger partial charge >= 0.3 is 6.16 Å². The van der Waals surface area contributed by atoms with Crippen molar-refractivity contribution in [2.24, 2.45) is 0 Å². The number of benzene rings is 1. The minimum Gasteiger partial charge on any atom is -0.450 e. The van der Waals surface area contributed by atoms with Crippen molar-refractivity contribution in [1.29, 1.82) is 0 Å². The van der Waals surface area contributed by atoms with Gasteiger partial charge in [0.25, 0.3) is 0 Å². The van der Waals surface area contributed by atoms with Crippen molar-refractivity contribution in [2.75, 3.05) is 0 Å². The molecule has 3 nitrogen and oxygen atoms in total. The zero-order valence-corrected chi connectivity index (χ0v) is 8.19. The minimum atomic E-state index is -1.83. The molecule has 0 aromatic heterocycles. The van der Waals surface area contributed by atoms with E-state index in [2.05, 4.69) is 0 Å². The van der Waals surface area contributed by atoms with Crippen molar-refractivity contribution in [3.63, 3.8) is 0 Å². The van der Waals surface area contributed by atoms with E-state index in [9.17, 15) is 4.39 Å². The number of hydrogen-bond acceptors (Lipinski definition) is 1. The molecule has 1 saturated carbocycles. The minimum absolute atomic E-state index is 0.131. The van der Waals surface area contributed by atoms with Crippen LogP contribution in [0.5, 0.6) is 0 Å². The van der Waals surface area contributed by atoms with Crippen LogP contribution in [0.2, 0.25) is 0 Å². The van der Waals surface area contributed by atoms with Crippen LogP contribution in [-0.2, 0) is 0 Å². The maximum absolute atomic E-state index is 12.5. The summed E-state index contributed by atoms with van der Waals surface area (Å²) in [4.78, 5) is 8.56. The van der Waals surface area contributed by atoms with Crippen LogP contribution in [0.4, 0.5) is 9.18 Å². The van der Waals surface area contributed by atoms with Crippen molar-refractivity contribution in [1.82, 2.24) is 0 Å². The Hall–Kier alpha value is -1.58. The number of hydrogen-bond donors (Lipinski definition) is 2. The van der Waals surface area contributed by atoms with E-state index in [1.54, 1.807) is 12.1 Å². The molecule has 2 N–H and O–H groups in total. The maximum Gasteiger partial charge on any atom is 0.503 e. The Kier molecular flexibility index (Phi) is 4.09. The molecule has 15 heavy (non-hydrogen) atoms. The Morgan fingerprint density at radius 3 is 2.00 bits per heavy atom. The molecule has 1 aliphatic rings. The second kappa shape index (κ2) is 5.34. The zero-order chi connectivity index (χ0) is 11.3. The van der Waals surface area contributed by atoms with E-state index in [0.29, 0.717) is 0 Å². The molecule has 0 saturated heterocycles. The number of carboxylic acid groups (broad SMARTS) is 2. The Morgan fingerprint density at radius 2 is 1.67 bits per heavy atom. The summed E-state index contributed by atoms with van der Waals surface area (Å²) in [5.74, 6) is 0.587. The van der Waals surface area contributed by atoms with Crippen molar-refractivity contribution >= 4 is 6.16 Å². The quantitative estimate of drug-likeness (QED) is 0.750. The molecule has 4 heteroatoms. The monoisotopic (exact) mass is 212 g/mol. The van der Waals surface area contributed by atoms with Gasteiger partial charge in [-0.2, -0.15) is 0 Å². The van der Waals surface area contributed by atoms with Crippen LogP contribution >= 0.6 is 0 Å². The van der Waals surface area contributed by atoms with Crippen LogP contribution in [0.25, 0.3) is 0 Å². The maximum atomic E-state index is 12.5. The van der Waals surface area contributed by atoms with Crippen LogP contribution in [0, 0.1) is 5.82 Å². The highest BCUT2D eigenvalue weighted by atomic mass is 19.1. The van der Waals surface area contributed by atoms with Gasteiger partial charge in [0.15, 0.2) is 0 Å². The van der Waals surface area contributed by atoms with Crippen LogP contribution < -0.4 is 0 Å². The molecule has 0 amide bonds. The van der Waals surface area contributed by atoms with Crippen LogP contribution in [-0.4, -0.2) is 16.4 Å². The van der Waals surface area contributed by atoms with Gasteiger partial charge in [-0.1, -0.05) is 18.6 Å². The van der Waals surface area contributed by atoms with Gasteiger partial charge in [-0.25, -0.2) is 9.18 Å². The summed E-state index contributed by atoms with van der Waals surface area (Å²) < 4.78 is 12.5. The second-order valence-electron chi connectivity index (χ2n) is 3.46. The van der Waals surface area contributed by atoms with Crippen LogP contribution in [0.15, 0.2) is 24.3 Å². The fourth-order valence-corrected chi connectivity index (χ4v) is 1.48. The Morgan fingerprint density at radius 1 is 1.20 bits per heavy atom. The van der Waals surface area contributed by atoms with Crippen molar-refractivity contribution in [3.05, 3.63) is 35.6 Å². The molecule has 0 unspecified atom stereocenters. The predicted octanol–water partition coefficient (Wildman–Crippen LogP) is 3.32. The molecule has 1 aromatic rings. The highest BCUT2D eigenvalue weighted by Crippen LogP contribution is 2.35. The number of halogens is 1. The summed E-state index contributed by atoms with van der Waals surface area (Å²) in [7, 11) is 0. The van der Waals surface area contributed by atoms with E-state index in [-0.39, 0.29) is 5.82 Å². The Bertz CT molecular complexity index is 313. The van der Waals surface area contributed by atoms with Gasteiger partial charge in [-0.3, -0.25) is 0 Å². The summed E-state index contributed by atoms with van der Waals surface area (Å²) in [6.07, 6.45) is 2.07. The molecule has 82 valence electrons. The first-order valence-electron chi connectivity index (χ1n) is 4.77. The first-order chi connectivity index (χ1) is 7.09. The van der Waals surface area contributed by atoms with E-state index >= 15 is 0 Å². The van der Waals surface area contributed by atoms with E-state index in [1.165, 1.54) is 24.8 Å². The fraction of sp³-hybridized carbons (Fsp3) is 0.364. The lowest BCUT2D eigenvalue weighted by Gasteiger charge is -2.25. The van der Waals surface area contributed by atoms with Crippen LogP contribution in [0.1, 0.15) is 30.7 Å². The van der Waals surface area contributed by atoms with Crippen molar-refractivity contribution in [2.45, 2.75) is 25.2 Å². The largest absolute Gasteiger partial charge is 0.503 e. The first-order valence-corrected chi connectivity index (χ1v) is 4.77. The topological polar surface area (TPSA) is 57.5 Å². The summed E-state index contributed by atoms with van der Waals surface area (Å²) in [6.45, 7) is 0. The zero-order valence-electron chi connectivity index (χ0n) is 8.19.